The molecule has 0 radical (unpaired) electrons. The van der Waals surface area contributed by atoms with Gasteiger partial charge in [0.2, 0.25) is 5.88 Å². The van der Waals surface area contributed by atoms with Crippen molar-refractivity contribution in [3.8, 4) is 5.88 Å². The normalized spacial score (nSPS) is 21.6. The zero-order valence-corrected chi connectivity index (χ0v) is 14.7. The Morgan fingerprint density at radius 2 is 2.29 bits per heavy atom. The second-order valence-corrected chi connectivity index (χ2v) is 7.20. The molecule has 1 amide bonds. The lowest BCUT2D eigenvalue weighted by atomic mass is 10.2. The summed E-state index contributed by atoms with van der Waals surface area (Å²) >= 11 is 1.90. The van der Waals surface area contributed by atoms with Crippen molar-refractivity contribution in [3.05, 3.63) is 23.9 Å². The molecule has 6 nitrogen and oxygen atoms in total. The number of morpholine rings is 1. The molecule has 0 aliphatic carbocycles. The minimum absolute atomic E-state index is 0.0764. The third-order valence-corrected chi connectivity index (χ3v) is 5.35. The second-order valence-electron chi connectivity index (χ2n) is 6.05. The molecule has 1 atom stereocenters. The maximum atomic E-state index is 12.1. The zero-order valence-electron chi connectivity index (χ0n) is 13.9. The van der Waals surface area contributed by atoms with E-state index in [1.165, 1.54) is 0 Å². The van der Waals surface area contributed by atoms with Crippen molar-refractivity contribution in [3.63, 3.8) is 0 Å². The maximum Gasteiger partial charge on any atom is 0.252 e. The number of pyridine rings is 1. The summed E-state index contributed by atoms with van der Waals surface area (Å²) in [6.07, 6.45) is 3.86. The number of rotatable bonds is 7. The Labute approximate surface area is 147 Å². The van der Waals surface area contributed by atoms with Crippen LogP contribution in [0.5, 0.6) is 5.88 Å². The van der Waals surface area contributed by atoms with Crippen LogP contribution in [0.25, 0.3) is 0 Å². The molecule has 24 heavy (non-hydrogen) atoms. The van der Waals surface area contributed by atoms with Gasteiger partial charge in [-0.3, -0.25) is 9.69 Å². The molecule has 1 N–H and O–H groups in total. The largest absolute Gasteiger partial charge is 0.473 e. The van der Waals surface area contributed by atoms with Gasteiger partial charge in [-0.15, -0.1) is 0 Å². The number of hydrogen-bond acceptors (Lipinski definition) is 6. The van der Waals surface area contributed by atoms with Crippen LogP contribution in [0.4, 0.5) is 0 Å². The van der Waals surface area contributed by atoms with E-state index in [0.29, 0.717) is 18.0 Å². The van der Waals surface area contributed by atoms with E-state index in [0.717, 1.165) is 57.2 Å². The first kappa shape index (κ1) is 17.5. The molecule has 3 rings (SSSR count). The van der Waals surface area contributed by atoms with E-state index in [9.17, 15) is 4.79 Å². The molecule has 3 heterocycles. The molecule has 0 aromatic carbocycles. The zero-order chi connectivity index (χ0) is 16.6. The molecule has 2 aliphatic heterocycles. The fourth-order valence-corrected chi connectivity index (χ4v) is 3.89. The maximum absolute atomic E-state index is 12.1. The van der Waals surface area contributed by atoms with Crippen molar-refractivity contribution in [1.82, 2.24) is 15.2 Å². The topological polar surface area (TPSA) is 63.7 Å². The highest BCUT2D eigenvalue weighted by atomic mass is 32.2. The summed E-state index contributed by atoms with van der Waals surface area (Å²) in [6, 6.07) is 3.56. The van der Waals surface area contributed by atoms with E-state index in [4.69, 9.17) is 9.47 Å². The average Bonchev–Trinajstić information content (AvgIpc) is 3.13. The van der Waals surface area contributed by atoms with Crippen LogP contribution in [-0.2, 0) is 4.74 Å². The first-order valence-corrected chi connectivity index (χ1v) is 9.75. The first-order chi connectivity index (χ1) is 11.8. The van der Waals surface area contributed by atoms with Gasteiger partial charge in [0.25, 0.3) is 5.91 Å². The van der Waals surface area contributed by atoms with Crippen molar-refractivity contribution in [1.29, 1.82) is 0 Å². The van der Waals surface area contributed by atoms with Crippen molar-refractivity contribution >= 4 is 17.7 Å². The minimum atomic E-state index is -0.0764. The average molecular weight is 351 g/mol. The Hall–Kier alpha value is -1.31. The summed E-state index contributed by atoms with van der Waals surface area (Å²) in [4.78, 5) is 18.7. The molecular formula is C17H25N3O3S. The minimum Gasteiger partial charge on any atom is -0.473 e. The Balaban J connectivity index is 1.36. The quantitative estimate of drug-likeness (QED) is 0.750. The Morgan fingerprint density at radius 3 is 3.00 bits per heavy atom. The van der Waals surface area contributed by atoms with E-state index in [1.807, 2.05) is 11.8 Å². The van der Waals surface area contributed by atoms with Gasteiger partial charge >= 0.3 is 0 Å². The van der Waals surface area contributed by atoms with E-state index in [-0.39, 0.29) is 12.0 Å². The SMILES string of the molecule is O=C(NCCCN1CCOCC1)c1ccc(OC2CCSC2)nc1. The van der Waals surface area contributed by atoms with Gasteiger partial charge in [0.1, 0.15) is 6.10 Å². The van der Waals surface area contributed by atoms with Crippen molar-refractivity contribution < 1.29 is 14.3 Å². The predicted molar refractivity (Wildman–Crippen MR) is 94.8 cm³/mol. The summed E-state index contributed by atoms with van der Waals surface area (Å²) in [7, 11) is 0. The van der Waals surface area contributed by atoms with Crippen LogP contribution in [-0.4, -0.2) is 72.8 Å². The van der Waals surface area contributed by atoms with Crippen LogP contribution in [0.2, 0.25) is 0 Å². The number of ether oxygens (including phenoxy) is 2. The summed E-state index contributed by atoms with van der Waals surface area (Å²) < 4.78 is 11.1. The van der Waals surface area contributed by atoms with Crippen molar-refractivity contribution in [2.45, 2.75) is 18.9 Å². The summed E-state index contributed by atoms with van der Waals surface area (Å²) in [6.45, 7) is 5.26. The Morgan fingerprint density at radius 1 is 1.42 bits per heavy atom. The van der Waals surface area contributed by atoms with Crippen LogP contribution in [0.1, 0.15) is 23.2 Å². The fraction of sp³-hybridized carbons (Fsp3) is 0.647. The number of amides is 1. The molecule has 7 heteroatoms. The Bertz CT molecular complexity index is 514. The van der Waals surface area contributed by atoms with Crippen molar-refractivity contribution in [2.75, 3.05) is 50.9 Å². The molecule has 1 aromatic rings. The van der Waals surface area contributed by atoms with Gasteiger partial charge in [-0.25, -0.2) is 4.98 Å². The van der Waals surface area contributed by atoms with Crippen molar-refractivity contribution in [2.24, 2.45) is 0 Å². The molecule has 1 unspecified atom stereocenters. The van der Waals surface area contributed by atoms with Crippen LogP contribution in [0, 0.1) is 0 Å². The number of nitrogens with zero attached hydrogens (tertiary/aromatic N) is 2. The van der Waals surface area contributed by atoms with Gasteiger partial charge in [0, 0.05) is 37.7 Å². The third kappa shape index (κ3) is 5.36. The number of thioether (sulfide) groups is 1. The molecule has 132 valence electrons. The number of aromatic nitrogens is 1. The number of carbonyl (C=O) groups excluding carboxylic acids is 1. The standard InChI is InChI=1S/C17H25N3O3S/c21-17(18-5-1-6-20-7-9-22-10-8-20)14-2-3-16(19-12-14)23-15-4-11-24-13-15/h2-3,12,15H,1,4-11,13H2,(H,18,21). The highest BCUT2D eigenvalue weighted by Crippen LogP contribution is 2.21. The third-order valence-electron chi connectivity index (χ3n) is 4.21. The highest BCUT2D eigenvalue weighted by molar-refractivity contribution is 7.99. The van der Waals surface area contributed by atoms with Crippen LogP contribution in [0.3, 0.4) is 0 Å². The number of nitrogens with one attached hydrogen (secondary N) is 1. The van der Waals surface area contributed by atoms with Crippen LogP contribution >= 0.6 is 11.8 Å². The molecule has 0 bridgehead atoms. The summed E-state index contributed by atoms with van der Waals surface area (Å²) in [5.74, 6) is 2.70. The van der Waals surface area contributed by atoms with Gasteiger partial charge in [0.15, 0.2) is 0 Å². The number of carbonyl (C=O) groups is 1. The lowest BCUT2D eigenvalue weighted by molar-refractivity contribution is 0.0374. The Kier molecular flexibility index (Phi) is 6.75. The first-order valence-electron chi connectivity index (χ1n) is 8.60. The molecule has 2 saturated heterocycles. The highest BCUT2D eigenvalue weighted by Gasteiger charge is 2.17. The lowest BCUT2D eigenvalue weighted by Crippen LogP contribution is -2.38. The fourth-order valence-electron chi connectivity index (χ4n) is 2.79. The van der Waals surface area contributed by atoms with Crippen LogP contribution in [0.15, 0.2) is 18.3 Å². The smallest absolute Gasteiger partial charge is 0.252 e. The van der Waals surface area contributed by atoms with Gasteiger partial charge in [-0.2, -0.15) is 11.8 Å². The van der Waals surface area contributed by atoms with E-state index < -0.39 is 0 Å². The van der Waals surface area contributed by atoms with E-state index >= 15 is 0 Å². The molecule has 1 aromatic heterocycles. The van der Waals surface area contributed by atoms with E-state index in [1.54, 1.807) is 18.3 Å². The monoisotopic (exact) mass is 351 g/mol. The second kappa shape index (κ2) is 9.25. The molecule has 0 saturated carbocycles. The summed E-state index contributed by atoms with van der Waals surface area (Å²) in [5, 5.41) is 2.95. The molecule has 0 spiro atoms. The predicted octanol–water partition coefficient (Wildman–Crippen LogP) is 1.42. The van der Waals surface area contributed by atoms with Crippen LogP contribution < -0.4 is 10.1 Å². The van der Waals surface area contributed by atoms with Gasteiger partial charge in [0.05, 0.1) is 18.8 Å². The van der Waals surface area contributed by atoms with Gasteiger partial charge in [-0.05, 0) is 31.2 Å². The molecule has 2 fully saturated rings. The summed E-state index contributed by atoms with van der Waals surface area (Å²) in [5.41, 5.74) is 0.578. The van der Waals surface area contributed by atoms with E-state index in [2.05, 4.69) is 15.2 Å². The molecule has 2 aliphatic rings. The van der Waals surface area contributed by atoms with Gasteiger partial charge < -0.3 is 14.8 Å². The molecular weight excluding hydrogens is 326 g/mol. The van der Waals surface area contributed by atoms with Gasteiger partial charge in [-0.1, -0.05) is 0 Å². The number of hydrogen-bond donors (Lipinski definition) is 1. The lowest BCUT2D eigenvalue weighted by Gasteiger charge is -2.26.